The summed E-state index contributed by atoms with van der Waals surface area (Å²) in [4.78, 5) is 0. The predicted octanol–water partition coefficient (Wildman–Crippen LogP) is 2.03. The van der Waals surface area contributed by atoms with Gasteiger partial charge in [-0.15, -0.1) is 0 Å². The number of hydrogen-bond donors (Lipinski definition) is 1. The van der Waals surface area contributed by atoms with Crippen molar-refractivity contribution in [3.05, 3.63) is 0 Å². The molecule has 0 amide bonds. The van der Waals surface area contributed by atoms with E-state index in [9.17, 15) is 0 Å². The van der Waals surface area contributed by atoms with Gasteiger partial charge in [-0.05, 0) is 43.7 Å². The fourth-order valence-corrected chi connectivity index (χ4v) is 3.08. The predicted molar refractivity (Wildman–Crippen MR) is 47.5 cm³/mol. The first-order valence-corrected chi connectivity index (χ1v) is 5.12. The molecule has 1 heterocycles. The van der Waals surface area contributed by atoms with Gasteiger partial charge < -0.3 is 5.32 Å². The summed E-state index contributed by atoms with van der Waals surface area (Å²) in [5, 5.41) is 3.55. The normalized spacial score (nSPS) is 43.9. The molecule has 0 spiro atoms. The summed E-state index contributed by atoms with van der Waals surface area (Å²) >= 11 is 0. The van der Waals surface area contributed by atoms with Gasteiger partial charge in [-0.1, -0.05) is 19.8 Å². The molecule has 1 saturated heterocycles. The third-order valence-electron chi connectivity index (χ3n) is 3.65. The van der Waals surface area contributed by atoms with Gasteiger partial charge in [0.25, 0.3) is 0 Å². The lowest BCUT2D eigenvalue weighted by atomic mass is 9.68. The maximum Gasteiger partial charge on any atom is -0.00176 e. The Morgan fingerprint density at radius 1 is 1.18 bits per heavy atom. The molecule has 2 fully saturated rings. The fourth-order valence-electron chi connectivity index (χ4n) is 3.08. The minimum absolute atomic E-state index is 1.02. The molecule has 2 rings (SSSR count). The van der Waals surface area contributed by atoms with Crippen LogP contribution in [0.25, 0.3) is 0 Å². The largest absolute Gasteiger partial charge is 0.316 e. The van der Waals surface area contributed by atoms with Crippen LogP contribution < -0.4 is 5.32 Å². The summed E-state index contributed by atoms with van der Waals surface area (Å²) in [5.41, 5.74) is 0. The molecule has 0 aromatic heterocycles. The Morgan fingerprint density at radius 2 is 1.82 bits per heavy atom. The van der Waals surface area contributed by atoms with Gasteiger partial charge in [0.2, 0.25) is 0 Å². The van der Waals surface area contributed by atoms with Crippen LogP contribution in [0.5, 0.6) is 0 Å². The van der Waals surface area contributed by atoms with Gasteiger partial charge in [0, 0.05) is 0 Å². The third kappa shape index (κ3) is 1.31. The molecule has 1 heteroatoms. The number of rotatable bonds is 1. The highest BCUT2D eigenvalue weighted by Crippen LogP contribution is 2.38. The first kappa shape index (κ1) is 7.60. The SMILES string of the molecule is CCC1C2CCCC1CNC2. The smallest absolute Gasteiger partial charge is 0.00176 e. The average molecular weight is 153 g/mol. The molecule has 1 aliphatic carbocycles. The zero-order valence-electron chi connectivity index (χ0n) is 7.47. The number of nitrogens with one attached hydrogen (secondary N) is 1. The molecule has 1 saturated carbocycles. The van der Waals surface area contributed by atoms with E-state index in [2.05, 4.69) is 12.2 Å². The molecule has 0 aromatic rings. The van der Waals surface area contributed by atoms with Crippen LogP contribution in [-0.4, -0.2) is 13.1 Å². The summed E-state index contributed by atoms with van der Waals surface area (Å²) in [6.07, 6.45) is 5.88. The highest BCUT2D eigenvalue weighted by molar-refractivity contribution is 4.87. The van der Waals surface area contributed by atoms with Crippen molar-refractivity contribution in [3.63, 3.8) is 0 Å². The van der Waals surface area contributed by atoms with Crippen molar-refractivity contribution in [2.75, 3.05) is 13.1 Å². The van der Waals surface area contributed by atoms with Gasteiger partial charge in [-0.25, -0.2) is 0 Å². The Balaban J connectivity index is 2.04. The van der Waals surface area contributed by atoms with Crippen molar-refractivity contribution in [2.24, 2.45) is 17.8 Å². The summed E-state index contributed by atoms with van der Waals surface area (Å²) in [7, 11) is 0. The molecule has 64 valence electrons. The van der Waals surface area contributed by atoms with Gasteiger partial charge in [0.1, 0.15) is 0 Å². The highest BCUT2D eigenvalue weighted by Gasteiger charge is 2.34. The van der Waals surface area contributed by atoms with E-state index in [0.29, 0.717) is 0 Å². The van der Waals surface area contributed by atoms with Gasteiger partial charge in [-0.3, -0.25) is 0 Å². The molecule has 2 bridgehead atoms. The van der Waals surface area contributed by atoms with Crippen molar-refractivity contribution in [1.82, 2.24) is 5.32 Å². The van der Waals surface area contributed by atoms with Crippen LogP contribution in [0.1, 0.15) is 32.6 Å². The topological polar surface area (TPSA) is 12.0 Å². The maximum atomic E-state index is 3.55. The van der Waals surface area contributed by atoms with Crippen LogP contribution >= 0.6 is 0 Å². The Hall–Kier alpha value is -0.0400. The molecule has 2 atom stereocenters. The van der Waals surface area contributed by atoms with E-state index in [1.165, 1.54) is 38.8 Å². The molecule has 0 aromatic carbocycles. The van der Waals surface area contributed by atoms with Gasteiger partial charge in [-0.2, -0.15) is 0 Å². The summed E-state index contributed by atoms with van der Waals surface area (Å²) in [6.45, 7) is 4.96. The van der Waals surface area contributed by atoms with Crippen molar-refractivity contribution in [2.45, 2.75) is 32.6 Å². The monoisotopic (exact) mass is 153 g/mol. The molecule has 0 radical (unpaired) electrons. The second-order valence-electron chi connectivity index (χ2n) is 4.18. The number of hydrogen-bond acceptors (Lipinski definition) is 1. The van der Waals surface area contributed by atoms with Crippen LogP contribution in [0.2, 0.25) is 0 Å². The summed E-state index contributed by atoms with van der Waals surface area (Å²) in [5.74, 6) is 3.10. The lowest BCUT2D eigenvalue weighted by molar-refractivity contribution is 0.105. The highest BCUT2D eigenvalue weighted by atomic mass is 14.9. The van der Waals surface area contributed by atoms with Crippen molar-refractivity contribution < 1.29 is 0 Å². The Kier molecular flexibility index (Phi) is 2.17. The van der Waals surface area contributed by atoms with E-state index in [0.717, 1.165) is 17.8 Å². The molecule has 11 heavy (non-hydrogen) atoms. The summed E-state index contributed by atoms with van der Waals surface area (Å²) in [6, 6.07) is 0. The lowest BCUT2D eigenvalue weighted by Crippen LogP contribution is -2.45. The Morgan fingerprint density at radius 3 is 2.27 bits per heavy atom. The molecule has 1 aliphatic heterocycles. The van der Waals surface area contributed by atoms with Gasteiger partial charge in [0.15, 0.2) is 0 Å². The van der Waals surface area contributed by atoms with Gasteiger partial charge in [0.05, 0.1) is 0 Å². The van der Waals surface area contributed by atoms with Crippen LogP contribution in [0, 0.1) is 17.8 Å². The van der Waals surface area contributed by atoms with Crippen molar-refractivity contribution >= 4 is 0 Å². The zero-order valence-corrected chi connectivity index (χ0v) is 7.47. The van der Waals surface area contributed by atoms with Crippen molar-refractivity contribution in [1.29, 1.82) is 0 Å². The molecule has 2 aliphatic rings. The first-order chi connectivity index (χ1) is 5.42. The van der Waals surface area contributed by atoms with Crippen LogP contribution in [0.4, 0.5) is 0 Å². The van der Waals surface area contributed by atoms with E-state index in [-0.39, 0.29) is 0 Å². The number of fused-ring (bicyclic) bond motifs is 2. The Labute approximate surface area is 69.6 Å². The van der Waals surface area contributed by atoms with E-state index in [1.54, 1.807) is 0 Å². The average Bonchev–Trinajstić information content (AvgIpc) is 2.03. The van der Waals surface area contributed by atoms with Crippen LogP contribution in [0.15, 0.2) is 0 Å². The molecule has 1 N–H and O–H groups in total. The maximum absolute atomic E-state index is 3.55. The molecule has 2 unspecified atom stereocenters. The summed E-state index contributed by atoms with van der Waals surface area (Å²) < 4.78 is 0. The zero-order chi connectivity index (χ0) is 7.68. The van der Waals surface area contributed by atoms with Crippen LogP contribution in [0.3, 0.4) is 0 Å². The van der Waals surface area contributed by atoms with Crippen LogP contribution in [-0.2, 0) is 0 Å². The first-order valence-electron chi connectivity index (χ1n) is 5.12. The van der Waals surface area contributed by atoms with E-state index in [1.807, 2.05) is 0 Å². The lowest BCUT2D eigenvalue weighted by Gasteiger charge is -2.42. The molecule has 1 nitrogen and oxygen atoms in total. The van der Waals surface area contributed by atoms with Gasteiger partial charge >= 0.3 is 0 Å². The molecular weight excluding hydrogens is 134 g/mol. The third-order valence-corrected chi connectivity index (χ3v) is 3.65. The van der Waals surface area contributed by atoms with Crippen molar-refractivity contribution in [3.8, 4) is 0 Å². The van der Waals surface area contributed by atoms with E-state index >= 15 is 0 Å². The fraction of sp³-hybridized carbons (Fsp3) is 1.00. The minimum atomic E-state index is 1.02. The Bertz CT molecular complexity index is 111. The molecular formula is C10H19N. The number of piperidine rings is 1. The van der Waals surface area contributed by atoms with E-state index < -0.39 is 0 Å². The second kappa shape index (κ2) is 3.14. The quantitative estimate of drug-likeness (QED) is 0.608. The minimum Gasteiger partial charge on any atom is -0.316 e. The second-order valence-corrected chi connectivity index (χ2v) is 4.18. The standard InChI is InChI=1S/C10H19N/c1-2-10-8-4-3-5-9(10)7-11-6-8/h8-11H,2-7H2,1H3. The van der Waals surface area contributed by atoms with E-state index in [4.69, 9.17) is 0 Å².